The summed E-state index contributed by atoms with van der Waals surface area (Å²) in [5.41, 5.74) is 1.05. The summed E-state index contributed by atoms with van der Waals surface area (Å²) in [6.07, 6.45) is 0. The van der Waals surface area contributed by atoms with Crippen LogP contribution in [0.1, 0.15) is 17.3 Å². The largest absolute Gasteiger partial charge is 0.465 e. The third-order valence-electron chi connectivity index (χ3n) is 4.79. The van der Waals surface area contributed by atoms with Gasteiger partial charge in [0.2, 0.25) is 0 Å². The molecule has 1 saturated heterocycles. The monoisotopic (exact) mass is 463 g/mol. The molecular weight excluding hydrogens is 442 g/mol. The minimum Gasteiger partial charge on any atom is -0.465 e. The quantitative estimate of drug-likeness (QED) is 0.266. The molecule has 0 bridgehead atoms. The van der Waals surface area contributed by atoms with Crippen molar-refractivity contribution in [1.29, 1.82) is 0 Å². The van der Waals surface area contributed by atoms with Crippen molar-refractivity contribution in [1.82, 2.24) is 4.90 Å². The van der Waals surface area contributed by atoms with Crippen molar-refractivity contribution in [3.05, 3.63) is 63.2 Å². The Bertz CT molecular complexity index is 979. The van der Waals surface area contributed by atoms with Gasteiger partial charge in [-0.05, 0) is 37.3 Å². The lowest BCUT2D eigenvalue weighted by atomic mass is 10.1. The Morgan fingerprint density at radius 3 is 2.55 bits per heavy atom. The van der Waals surface area contributed by atoms with Crippen LogP contribution in [0.15, 0.2) is 47.4 Å². The second-order valence-corrected chi connectivity index (χ2v) is 8.25. The van der Waals surface area contributed by atoms with Gasteiger partial charge in [-0.2, -0.15) is 0 Å². The van der Waals surface area contributed by atoms with Crippen molar-refractivity contribution in [2.45, 2.75) is 11.8 Å². The van der Waals surface area contributed by atoms with E-state index in [4.69, 9.17) is 16.3 Å². The maximum Gasteiger partial charge on any atom is 0.316 e. The molecule has 0 radical (unpaired) electrons. The Hall–Kier alpha value is -2.78. The summed E-state index contributed by atoms with van der Waals surface area (Å²) in [5, 5.41) is 12.2. The summed E-state index contributed by atoms with van der Waals surface area (Å²) in [6.45, 7) is 4.22. The van der Waals surface area contributed by atoms with E-state index in [1.165, 1.54) is 12.1 Å². The molecule has 3 rings (SSSR count). The summed E-state index contributed by atoms with van der Waals surface area (Å²) in [7, 11) is 0. The lowest BCUT2D eigenvalue weighted by Crippen LogP contribution is -2.48. The van der Waals surface area contributed by atoms with Crippen LogP contribution in [-0.4, -0.2) is 60.2 Å². The van der Waals surface area contributed by atoms with Gasteiger partial charge in [-0.1, -0.05) is 17.7 Å². The van der Waals surface area contributed by atoms with Crippen molar-refractivity contribution in [3.8, 4) is 0 Å². The van der Waals surface area contributed by atoms with E-state index in [1.807, 2.05) is 24.3 Å². The lowest BCUT2D eigenvalue weighted by molar-refractivity contribution is -0.387. The zero-order valence-corrected chi connectivity index (χ0v) is 18.5. The number of anilines is 1. The van der Waals surface area contributed by atoms with Gasteiger partial charge < -0.3 is 14.5 Å². The Morgan fingerprint density at radius 2 is 1.90 bits per heavy atom. The summed E-state index contributed by atoms with van der Waals surface area (Å²) < 4.78 is 4.85. The van der Waals surface area contributed by atoms with Gasteiger partial charge in [-0.3, -0.25) is 19.7 Å². The average Bonchev–Trinajstić information content (AvgIpc) is 2.77. The fourth-order valence-electron chi connectivity index (χ4n) is 3.28. The molecule has 2 aromatic rings. The molecule has 0 aliphatic carbocycles. The van der Waals surface area contributed by atoms with Crippen molar-refractivity contribution in [2.75, 3.05) is 43.4 Å². The van der Waals surface area contributed by atoms with Crippen LogP contribution in [0.5, 0.6) is 0 Å². The lowest BCUT2D eigenvalue weighted by Gasteiger charge is -2.36. The number of rotatable bonds is 7. The number of hydrogen-bond acceptors (Lipinski definition) is 7. The number of ether oxygens (including phenoxy) is 1. The molecule has 1 amide bonds. The van der Waals surface area contributed by atoms with Crippen LogP contribution >= 0.6 is 23.4 Å². The first-order valence-electron chi connectivity index (χ1n) is 9.75. The van der Waals surface area contributed by atoms with E-state index in [9.17, 15) is 19.7 Å². The zero-order chi connectivity index (χ0) is 22.4. The van der Waals surface area contributed by atoms with E-state index in [2.05, 4.69) is 4.90 Å². The predicted octanol–water partition coefficient (Wildman–Crippen LogP) is 3.87. The highest BCUT2D eigenvalue weighted by Gasteiger charge is 2.25. The number of hydrogen-bond donors (Lipinski definition) is 0. The van der Waals surface area contributed by atoms with Gasteiger partial charge in [0, 0.05) is 48.5 Å². The molecule has 0 aromatic heterocycles. The van der Waals surface area contributed by atoms with Gasteiger partial charge in [0.1, 0.15) is 0 Å². The summed E-state index contributed by atoms with van der Waals surface area (Å²) >= 11 is 7.08. The van der Waals surface area contributed by atoms with Crippen LogP contribution in [0.3, 0.4) is 0 Å². The molecule has 31 heavy (non-hydrogen) atoms. The first-order chi connectivity index (χ1) is 14.9. The minimum absolute atomic E-state index is 0.0343. The fourth-order valence-corrected chi connectivity index (χ4v) is 4.26. The molecular formula is C21H22ClN3O5S. The highest BCUT2D eigenvalue weighted by atomic mass is 35.5. The van der Waals surface area contributed by atoms with E-state index in [0.29, 0.717) is 36.1 Å². The van der Waals surface area contributed by atoms with Crippen LogP contribution in [0, 0.1) is 10.1 Å². The van der Waals surface area contributed by atoms with E-state index in [-0.39, 0.29) is 29.5 Å². The van der Waals surface area contributed by atoms with E-state index in [0.717, 1.165) is 17.4 Å². The Labute approximate surface area is 189 Å². The molecule has 8 nitrogen and oxygen atoms in total. The van der Waals surface area contributed by atoms with Crippen molar-refractivity contribution in [2.24, 2.45) is 0 Å². The SMILES string of the molecule is CCOC(=O)CSc1ccc(C(=O)N2CCN(c3cccc(Cl)c3)CC2)cc1[N+](=O)[O-]. The number of amides is 1. The molecule has 164 valence electrons. The number of piperazine rings is 1. The molecule has 0 unspecified atom stereocenters. The number of nitrogens with zero attached hydrogens (tertiary/aromatic N) is 3. The summed E-state index contributed by atoms with van der Waals surface area (Å²) in [6, 6.07) is 11.9. The Balaban J connectivity index is 1.67. The molecule has 0 spiro atoms. The smallest absolute Gasteiger partial charge is 0.316 e. The number of carbonyl (C=O) groups excluding carboxylic acids is 2. The van der Waals surface area contributed by atoms with Crippen LogP contribution in [-0.2, 0) is 9.53 Å². The van der Waals surface area contributed by atoms with Crippen molar-refractivity contribution in [3.63, 3.8) is 0 Å². The number of esters is 1. The third-order valence-corrected chi connectivity index (χ3v) is 6.07. The Morgan fingerprint density at radius 1 is 1.16 bits per heavy atom. The highest BCUT2D eigenvalue weighted by molar-refractivity contribution is 8.00. The van der Waals surface area contributed by atoms with E-state index in [1.54, 1.807) is 17.9 Å². The second-order valence-electron chi connectivity index (χ2n) is 6.79. The third kappa shape index (κ3) is 5.89. The summed E-state index contributed by atoms with van der Waals surface area (Å²) in [4.78, 5) is 39.6. The highest BCUT2D eigenvalue weighted by Crippen LogP contribution is 2.31. The fraction of sp³-hybridized carbons (Fsp3) is 0.333. The molecule has 1 aliphatic rings. The Kier molecular flexibility index (Phi) is 7.75. The van der Waals surface area contributed by atoms with Crippen LogP contribution in [0.4, 0.5) is 11.4 Å². The molecule has 1 fully saturated rings. The molecule has 1 heterocycles. The summed E-state index contributed by atoms with van der Waals surface area (Å²) in [5.74, 6) is -0.733. The van der Waals surface area contributed by atoms with Gasteiger partial charge in [-0.25, -0.2) is 0 Å². The zero-order valence-electron chi connectivity index (χ0n) is 17.0. The molecule has 0 N–H and O–H groups in total. The standard InChI is InChI=1S/C21H22ClN3O5S/c1-2-30-20(26)14-31-19-7-6-15(12-18(19)25(28)29)21(27)24-10-8-23(9-11-24)17-5-3-4-16(22)13-17/h3-7,12-13H,2,8-11,14H2,1H3. The molecule has 10 heteroatoms. The van der Waals surface area contributed by atoms with Crippen LogP contribution in [0.2, 0.25) is 5.02 Å². The predicted molar refractivity (Wildman–Crippen MR) is 120 cm³/mol. The number of thioether (sulfide) groups is 1. The van der Waals surface area contributed by atoms with Gasteiger partial charge >= 0.3 is 5.97 Å². The normalized spacial score (nSPS) is 13.7. The second kappa shape index (κ2) is 10.5. The number of carbonyl (C=O) groups is 2. The maximum absolute atomic E-state index is 12.9. The number of nitro benzene ring substituents is 1. The first-order valence-corrected chi connectivity index (χ1v) is 11.1. The maximum atomic E-state index is 12.9. The van der Waals surface area contributed by atoms with Crippen LogP contribution < -0.4 is 4.90 Å². The van der Waals surface area contributed by atoms with Gasteiger partial charge in [-0.15, -0.1) is 11.8 Å². The van der Waals surface area contributed by atoms with Gasteiger partial charge in [0.15, 0.2) is 0 Å². The minimum atomic E-state index is -0.540. The average molecular weight is 464 g/mol. The first kappa shape index (κ1) is 22.9. The molecule has 0 atom stereocenters. The molecule has 1 aliphatic heterocycles. The topological polar surface area (TPSA) is 93.0 Å². The van der Waals surface area contributed by atoms with Crippen LogP contribution in [0.25, 0.3) is 0 Å². The van der Waals surface area contributed by atoms with Gasteiger partial charge in [0.25, 0.3) is 11.6 Å². The number of benzene rings is 2. The van der Waals surface area contributed by atoms with E-state index >= 15 is 0 Å². The van der Waals surface area contributed by atoms with Crippen molar-refractivity contribution < 1.29 is 19.2 Å². The van der Waals surface area contributed by atoms with Gasteiger partial charge in [0.05, 0.1) is 22.2 Å². The number of halogens is 1. The van der Waals surface area contributed by atoms with Crippen molar-refractivity contribution >= 4 is 46.6 Å². The molecule has 2 aromatic carbocycles. The number of nitro groups is 1. The molecule has 0 saturated carbocycles. The van der Waals surface area contributed by atoms with E-state index < -0.39 is 10.9 Å².